The summed E-state index contributed by atoms with van der Waals surface area (Å²) in [6.07, 6.45) is 2.14. The van der Waals surface area contributed by atoms with Gasteiger partial charge in [0.25, 0.3) is 5.91 Å². The number of amides is 2. The molecule has 2 saturated heterocycles. The van der Waals surface area contributed by atoms with E-state index in [-0.39, 0.29) is 23.7 Å². The molecule has 2 fully saturated rings. The Labute approximate surface area is 163 Å². The van der Waals surface area contributed by atoms with Crippen LogP contribution in [0.25, 0.3) is 0 Å². The predicted octanol–water partition coefficient (Wildman–Crippen LogP) is 3.23. The highest BCUT2D eigenvalue weighted by atomic mass is 32.1. The third kappa shape index (κ3) is 3.58. The fraction of sp³-hybridized carbons (Fsp3) is 0.429. The van der Waals surface area contributed by atoms with Crippen molar-refractivity contribution in [3.63, 3.8) is 0 Å². The van der Waals surface area contributed by atoms with Crippen LogP contribution in [0.4, 0.5) is 0 Å². The summed E-state index contributed by atoms with van der Waals surface area (Å²) < 4.78 is 5.37. The van der Waals surface area contributed by atoms with Gasteiger partial charge in [0.15, 0.2) is 0 Å². The minimum Gasteiger partial charge on any atom is -0.497 e. The lowest BCUT2D eigenvalue weighted by Gasteiger charge is -2.24. The molecule has 0 saturated carbocycles. The lowest BCUT2D eigenvalue weighted by molar-refractivity contribution is -0.134. The van der Waals surface area contributed by atoms with Gasteiger partial charge in [-0.15, -0.1) is 11.3 Å². The summed E-state index contributed by atoms with van der Waals surface area (Å²) in [5, 5.41) is 1.91. The Kier molecular flexibility index (Phi) is 5.16. The van der Waals surface area contributed by atoms with Crippen molar-refractivity contribution < 1.29 is 14.3 Å². The number of rotatable bonds is 4. The van der Waals surface area contributed by atoms with Crippen molar-refractivity contribution in [1.82, 2.24) is 9.80 Å². The molecule has 0 radical (unpaired) electrons. The van der Waals surface area contributed by atoms with Crippen molar-refractivity contribution in [3.8, 4) is 5.75 Å². The van der Waals surface area contributed by atoms with Crippen LogP contribution in [0.15, 0.2) is 41.8 Å². The van der Waals surface area contributed by atoms with Crippen molar-refractivity contribution in [2.75, 3.05) is 33.3 Å². The Balaban J connectivity index is 1.62. The first-order chi connectivity index (χ1) is 13.2. The quantitative estimate of drug-likeness (QED) is 0.813. The molecule has 6 heteroatoms. The maximum atomic E-state index is 13.2. The first-order valence-corrected chi connectivity index (χ1v) is 10.3. The molecule has 4 rings (SSSR count). The number of likely N-dealkylation sites (tertiary alicyclic amines) is 2. The fourth-order valence-electron chi connectivity index (χ4n) is 4.16. The Morgan fingerprint density at radius 3 is 2.59 bits per heavy atom. The van der Waals surface area contributed by atoms with Crippen LogP contribution in [0.1, 0.15) is 34.0 Å². The number of benzene rings is 1. The summed E-state index contributed by atoms with van der Waals surface area (Å²) >= 11 is 1.45. The summed E-state index contributed by atoms with van der Waals surface area (Å²) in [5.41, 5.74) is 1.06. The average Bonchev–Trinajstić information content (AvgIpc) is 3.48. The summed E-state index contributed by atoms with van der Waals surface area (Å²) in [6.45, 7) is 2.71. The van der Waals surface area contributed by atoms with Crippen molar-refractivity contribution >= 4 is 23.2 Å². The third-order valence-corrected chi connectivity index (χ3v) is 6.45. The number of ether oxygens (including phenoxy) is 1. The Bertz CT molecular complexity index is 815. The second kappa shape index (κ2) is 7.72. The highest BCUT2D eigenvalue weighted by molar-refractivity contribution is 7.12. The molecule has 2 aliphatic rings. The van der Waals surface area contributed by atoms with Gasteiger partial charge in [-0.25, -0.2) is 0 Å². The molecule has 2 aliphatic heterocycles. The topological polar surface area (TPSA) is 49.9 Å². The van der Waals surface area contributed by atoms with E-state index < -0.39 is 0 Å². The van der Waals surface area contributed by atoms with Crippen molar-refractivity contribution in [2.45, 2.75) is 18.8 Å². The number of methoxy groups -OCH3 is 1. The predicted molar refractivity (Wildman–Crippen MR) is 105 cm³/mol. The molecular formula is C21H24N2O3S. The van der Waals surface area contributed by atoms with Crippen LogP contribution < -0.4 is 4.74 Å². The average molecular weight is 385 g/mol. The highest BCUT2D eigenvalue weighted by Gasteiger charge is 2.42. The van der Waals surface area contributed by atoms with Crippen LogP contribution >= 0.6 is 11.3 Å². The van der Waals surface area contributed by atoms with Crippen molar-refractivity contribution in [3.05, 3.63) is 52.2 Å². The van der Waals surface area contributed by atoms with E-state index in [1.54, 1.807) is 7.11 Å². The Morgan fingerprint density at radius 1 is 1.07 bits per heavy atom. The Hall–Kier alpha value is -2.34. The summed E-state index contributed by atoms with van der Waals surface area (Å²) in [4.78, 5) is 30.6. The van der Waals surface area contributed by atoms with E-state index in [9.17, 15) is 9.59 Å². The second-order valence-electron chi connectivity index (χ2n) is 7.21. The van der Waals surface area contributed by atoms with E-state index in [2.05, 4.69) is 0 Å². The van der Waals surface area contributed by atoms with Crippen LogP contribution in [0, 0.1) is 5.92 Å². The van der Waals surface area contributed by atoms with Gasteiger partial charge in [0.1, 0.15) is 5.75 Å². The molecule has 1 aromatic heterocycles. The van der Waals surface area contributed by atoms with Gasteiger partial charge in [-0.3, -0.25) is 9.59 Å². The first-order valence-electron chi connectivity index (χ1n) is 9.43. The largest absolute Gasteiger partial charge is 0.497 e. The molecule has 0 spiro atoms. The maximum Gasteiger partial charge on any atom is 0.263 e. The smallest absolute Gasteiger partial charge is 0.263 e. The number of thiophene rings is 1. The molecule has 5 nitrogen and oxygen atoms in total. The first kappa shape index (κ1) is 18.0. The molecule has 2 amide bonds. The maximum absolute atomic E-state index is 13.2. The van der Waals surface area contributed by atoms with Gasteiger partial charge in [0, 0.05) is 32.1 Å². The van der Waals surface area contributed by atoms with Gasteiger partial charge in [0.2, 0.25) is 5.91 Å². The van der Waals surface area contributed by atoms with E-state index in [1.807, 2.05) is 51.6 Å². The van der Waals surface area contributed by atoms with Gasteiger partial charge in [-0.05, 0) is 42.0 Å². The molecule has 0 bridgehead atoms. The standard InChI is InChI=1S/C21H24N2O3S/c1-26-16-7-4-6-15(12-16)17-13-23(21(25)19-8-5-11-27-19)14-18(17)20(24)22-9-2-3-10-22/h4-8,11-12,17-18H,2-3,9-10,13-14H2,1H3. The molecule has 2 aromatic rings. The lowest BCUT2D eigenvalue weighted by atomic mass is 9.88. The van der Waals surface area contributed by atoms with E-state index in [1.165, 1.54) is 11.3 Å². The van der Waals surface area contributed by atoms with Crippen LogP contribution in [0.3, 0.4) is 0 Å². The fourth-order valence-corrected chi connectivity index (χ4v) is 4.85. The highest BCUT2D eigenvalue weighted by Crippen LogP contribution is 2.36. The molecule has 142 valence electrons. The van der Waals surface area contributed by atoms with Crippen LogP contribution in [0.2, 0.25) is 0 Å². The van der Waals surface area contributed by atoms with Gasteiger partial charge < -0.3 is 14.5 Å². The number of carbonyl (C=O) groups is 2. The SMILES string of the molecule is COc1cccc(C2CN(C(=O)c3cccs3)CC2C(=O)N2CCCC2)c1. The molecule has 0 aliphatic carbocycles. The van der Waals surface area contributed by atoms with Gasteiger partial charge in [-0.1, -0.05) is 18.2 Å². The van der Waals surface area contributed by atoms with Crippen LogP contribution in [-0.2, 0) is 4.79 Å². The van der Waals surface area contributed by atoms with Crippen molar-refractivity contribution in [2.24, 2.45) is 5.92 Å². The minimum absolute atomic E-state index is 0.00267. The number of hydrogen-bond donors (Lipinski definition) is 0. The normalized spacial score (nSPS) is 22.3. The number of hydrogen-bond acceptors (Lipinski definition) is 4. The number of carbonyl (C=O) groups excluding carboxylic acids is 2. The van der Waals surface area contributed by atoms with Gasteiger partial charge in [0.05, 0.1) is 17.9 Å². The molecule has 2 atom stereocenters. The van der Waals surface area contributed by atoms with Crippen molar-refractivity contribution in [1.29, 1.82) is 0 Å². The van der Waals surface area contributed by atoms with E-state index >= 15 is 0 Å². The minimum atomic E-state index is -0.195. The third-order valence-electron chi connectivity index (χ3n) is 5.60. The molecule has 27 heavy (non-hydrogen) atoms. The second-order valence-corrected chi connectivity index (χ2v) is 8.16. The van der Waals surface area contributed by atoms with Crippen LogP contribution in [-0.4, -0.2) is 54.9 Å². The van der Waals surface area contributed by atoms with Gasteiger partial charge >= 0.3 is 0 Å². The number of nitrogens with zero attached hydrogens (tertiary/aromatic N) is 2. The zero-order valence-corrected chi connectivity index (χ0v) is 16.3. The van der Waals surface area contributed by atoms with E-state index in [4.69, 9.17) is 4.74 Å². The molecule has 2 unspecified atom stereocenters. The summed E-state index contributed by atoms with van der Waals surface area (Å²) in [5.74, 6) is 0.788. The van der Waals surface area contributed by atoms with Crippen LogP contribution in [0.5, 0.6) is 5.75 Å². The molecule has 1 aromatic carbocycles. The zero-order valence-electron chi connectivity index (χ0n) is 15.5. The molecular weight excluding hydrogens is 360 g/mol. The summed E-state index contributed by atoms with van der Waals surface area (Å²) in [7, 11) is 1.65. The van der Waals surface area contributed by atoms with E-state index in [0.29, 0.717) is 13.1 Å². The summed E-state index contributed by atoms with van der Waals surface area (Å²) in [6, 6.07) is 11.6. The zero-order chi connectivity index (χ0) is 18.8. The molecule has 3 heterocycles. The van der Waals surface area contributed by atoms with E-state index in [0.717, 1.165) is 42.1 Å². The lowest BCUT2D eigenvalue weighted by Crippen LogP contribution is -2.37. The molecule has 0 N–H and O–H groups in total. The Morgan fingerprint density at radius 2 is 1.89 bits per heavy atom. The monoisotopic (exact) mass is 384 g/mol. The van der Waals surface area contributed by atoms with Gasteiger partial charge in [-0.2, -0.15) is 0 Å².